The Kier molecular flexibility index (Phi) is 12.1. The molecular weight excluding hydrogens is 248 g/mol. The van der Waals surface area contributed by atoms with Crippen LogP contribution in [0.3, 0.4) is 0 Å². The maximum atomic E-state index is 10.6. The fraction of sp³-hybridized carbons (Fsp3) is 1.00. The van der Waals surface area contributed by atoms with E-state index in [1.54, 1.807) is 0 Å². The number of rotatable bonds is 11. The zero-order chi connectivity index (χ0) is 12.2. The van der Waals surface area contributed by atoms with Crippen molar-refractivity contribution in [2.24, 2.45) is 0 Å². The average molecular weight is 271 g/mol. The van der Waals surface area contributed by atoms with Crippen molar-refractivity contribution in [1.29, 1.82) is 0 Å². The first-order valence-corrected chi connectivity index (χ1v) is 7.61. The SMILES string of the molecule is CCCCCCCC(CCCCl)OS(=O)O. The van der Waals surface area contributed by atoms with Crippen molar-refractivity contribution >= 4 is 23.0 Å². The maximum Gasteiger partial charge on any atom is 0.302 e. The quantitative estimate of drug-likeness (QED) is 0.352. The molecule has 1 N–H and O–H groups in total. The zero-order valence-corrected chi connectivity index (χ0v) is 11.6. The van der Waals surface area contributed by atoms with E-state index in [4.69, 9.17) is 20.3 Å². The molecule has 0 saturated heterocycles. The van der Waals surface area contributed by atoms with Crippen LogP contribution in [0.25, 0.3) is 0 Å². The maximum absolute atomic E-state index is 10.6. The minimum absolute atomic E-state index is 0.119. The van der Waals surface area contributed by atoms with Crippen LogP contribution in [-0.4, -0.2) is 20.7 Å². The van der Waals surface area contributed by atoms with Crippen molar-refractivity contribution in [3.8, 4) is 0 Å². The summed E-state index contributed by atoms with van der Waals surface area (Å²) in [4.78, 5) is 0. The smallest absolute Gasteiger partial charge is 0.284 e. The molecule has 0 radical (unpaired) electrons. The van der Waals surface area contributed by atoms with Crippen LogP contribution in [0.4, 0.5) is 0 Å². The summed E-state index contributed by atoms with van der Waals surface area (Å²) in [6, 6.07) is 0. The van der Waals surface area contributed by atoms with E-state index in [0.717, 1.165) is 25.7 Å². The van der Waals surface area contributed by atoms with Gasteiger partial charge in [0.1, 0.15) is 0 Å². The number of halogens is 1. The molecule has 3 nitrogen and oxygen atoms in total. The van der Waals surface area contributed by atoms with Crippen molar-refractivity contribution in [1.82, 2.24) is 0 Å². The third-order valence-corrected chi connectivity index (χ3v) is 3.21. The van der Waals surface area contributed by atoms with E-state index in [1.165, 1.54) is 25.7 Å². The molecule has 0 aliphatic heterocycles. The lowest BCUT2D eigenvalue weighted by atomic mass is 10.1. The first-order chi connectivity index (χ1) is 7.70. The van der Waals surface area contributed by atoms with Crippen LogP contribution in [-0.2, 0) is 15.5 Å². The molecule has 98 valence electrons. The lowest BCUT2D eigenvalue weighted by Crippen LogP contribution is -2.14. The second-order valence-electron chi connectivity index (χ2n) is 3.97. The van der Waals surface area contributed by atoms with E-state index in [9.17, 15) is 4.21 Å². The monoisotopic (exact) mass is 270 g/mol. The Balaban J connectivity index is 3.60. The number of unbranched alkanes of at least 4 members (excludes halogenated alkanes) is 4. The predicted octanol–water partition coefficient (Wildman–Crippen LogP) is 3.89. The number of hydrogen-bond acceptors (Lipinski definition) is 2. The summed E-state index contributed by atoms with van der Waals surface area (Å²) in [6.45, 7) is 2.18. The van der Waals surface area contributed by atoms with Crippen LogP contribution < -0.4 is 0 Å². The van der Waals surface area contributed by atoms with Gasteiger partial charge in [0, 0.05) is 5.88 Å². The van der Waals surface area contributed by atoms with Crippen LogP contribution in [0.1, 0.15) is 58.3 Å². The van der Waals surface area contributed by atoms with Crippen LogP contribution in [0.15, 0.2) is 0 Å². The molecule has 0 aromatic carbocycles. The summed E-state index contributed by atoms with van der Waals surface area (Å²) < 4.78 is 24.2. The minimum atomic E-state index is -2.15. The largest absolute Gasteiger partial charge is 0.302 e. The van der Waals surface area contributed by atoms with Gasteiger partial charge in [-0.2, -0.15) is 4.21 Å². The number of hydrogen-bond donors (Lipinski definition) is 1. The van der Waals surface area contributed by atoms with E-state index in [-0.39, 0.29) is 6.10 Å². The molecule has 0 rings (SSSR count). The molecule has 0 aromatic heterocycles. The van der Waals surface area contributed by atoms with E-state index in [2.05, 4.69) is 6.92 Å². The molecule has 0 heterocycles. The van der Waals surface area contributed by atoms with E-state index in [1.807, 2.05) is 0 Å². The standard InChI is InChI=1S/C11H23ClO3S/c1-2-3-4-5-6-8-11(9-7-10-12)15-16(13)14/h11H,2-10H2,1H3,(H,13,14). The molecule has 0 aliphatic rings. The lowest BCUT2D eigenvalue weighted by Gasteiger charge is -2.14. The fourth-order valence-electron chi connectivity index (χ4n) is 1.64. The summed E-state index contributed by atoms with van der Waals surface area (Å²) in [5.41, 5.74) is 0. The molecule has 0 spiro atoms. The highest BCUT2D eigenvalue weighted by molar-refractivity contribution is 7.74. The average Bonchev–Trinajstić information content (AvgIpc) is 2.24. The topological polar surface area (TPSA) is 46.5 Å². The third-order valence-electron chi connectivity index (χ3n) is 2.51. The van der Waals surface area contributed by atoms with Gasteiger partial charge < -0.3 is 0 Å². The summed E-state index contributed by atoms with van der Waals surface area (Å²) >= 11 is 3.44. The van der Waals surface area contributed by atoms with Crippen molar-refractivity contribution in [3.05, 3.63) is 0 Å². The Morgan fingerprint density at radius 3 is 2.38 bits per heavy atom. The highest BCUT2D eigenvalue weighted by atomic mass is 35.5. The van der Waals surface area contributed by atoms with Crippen molar-refractivity contribution < 1.29 is 12.9 Å². The van der Waals surface area contributed by atoms with Gasteiger partial charge in [-0.1, -0.05) is 39.0 Å². The molecule has 16 heavy (non-hydrogen) atoms. The lowest BCUT2D eigenvalue weighted by molar-refractivity contribution is 0.179. The van der Waals surface area contributed by atoms with Gasteiger partial charge in [0.25, 0.3) is 0 Å². The van der Waals surface area contributed by atoms with Gasteiger partial charge in [-0.15, -0.1) is 11.6 Å². The molecule has 0 amide bonds. The van der Waals surface area contributed by atoms with Crippen LogP contribution in [0, 0.1) is 0 Å². The van der Waals surface area contributed by atoms with Gasteiger partial charge in [0.15, 0.2) is 0 Å². The summed E-state index contributed by atoms with van der Waals surface area (Å²) in [7, 11) is 0. The highest BCUT2D eigenvalue weighted by Gasteiger charge is 2.11. The van der Waals surface area contributed by atoms with Crippen molar-refractivity contribution in [2.75, 3.05) is 5.88 Å². The fourth-order valence-corrected chi connectivity index (χ4v) is 2.22. The van der Waals surface area contributed by atoms with Crippen molar-refractivity contribution in [3.63, 3.8) is 0 Å². The molecule has 0 fully saturated rings. The van der Waals surface area contributed by atoms with Gasteiger partial charge in [0.2, 0.25) is 0 Å². The Morgan fingerprint density at radius 1 is 1.19 bits per heavy atom. The van der Waals surface area contributed by atoms with Gasteiger partial charge in [-0.3, -0.25) is 8.74 Å². The Morgan fingerprint density at radius 2 is 1.81 bits per heavy atom. The first-order valence-electron chi connectivity index (χ1n) is 6.04. The normalized spacial score (nSPS) is 14.9. The second-order valence-corrected chi connectivity index (χ2v) is 4.97. The third kappa shape index (κ3) is 10.9. The van der Waals surface area contributed by atoms with Gasteiger partial charge >= 0.3 is 11.4 Å². The van der Waals surface area contributed by atoms with E-state index in [0.29, 0.717) is 5.88 Å². The van der Waals surface area contributed by atoms with Gasteiger partial charge in [0.05, 0.1) is 6.10 Å². The summed E-state index contributed by atoms with van der Waals surface area (Å²) in [6.07, 6.45) is 8.30. The highest BCUT2D eigenvalue weighted by Crippen LogP contribution is 2.14. The molecule has 5 heteroatoms. The Labute approximate surface area is 106 Å². The molecule has 0 saturated carbocycles. The molecule has 0 bridgehead atoms. The van der Waals surface area contributed by atoms with Crippen molar-refractivity contribution in [2.45, 2.75) is 64.4 Å². The second kappa shape index (κ2) is 11.8. The number of alkyl halides is 1. The summed E-state index contributed by atoms with van der Waals surface area (Å²) in [5, 5.41) is 0. The predicted molar refractivity (Wildman–Crippen MR) is 69.0 cm³/mol. The molecular formula is C11H23ClO3S. The van der Waals surface area contributed by atoms with E-state index < -0.39 is 11.4 Å². The van der Waals surface area contributed by atoms with Gasteiger partial charge in [-0.05, 0) is 19.3 Å². The molecule has 0 aromatic rings. The van der Waals surface area contributed by atoms with Gasteiger partial charge in [-0.25, -0.2) is 0 Å². The van der Waals surface area contributed by atoms with Crippen LogP contribution >= 0.6 is 11.6 Å². The van der Waals surface area contributed by atoms with Crippen LogP contribution in [0.2, 0.25) is 0 Å². The Hall–Kier alpha value is 0.360. The van der Waals surface area contributed by atoms with E-state index >= 15 is 0 Å². The molecule has 0 aliphatic carbocycles. The summed E-state index contributed by atoms with van der Waals surface area (Å²) in [5.74, 6) is 0.577. The molecule has 2 unspecified atom stereocenters. The Bertz CT molecular complexity index is 179. The first kappa shape index (κ1) is 16.4. The van der Waals surface area contributed by atoms with Crippen LogP contribution in [0.5, 0.6) is 0 Å². The molecule has 2 atom stereocenters. The minimum Gasteiger partial charge on any atom is -0.284 e. The zero-order valence-electron chi connectivity index (χ0n) is 9.99.